The highest BCUT2D eigenvalue weighted by Gasteiger charge is 2.43. The smallest absolute Gasteiger partial charge is 0.316 e. The molecule has 0 saturated heterocycles. The average Bonchev–Trinajstić information content (AvgIpc) is 2.79. The van der Waals surface area contributed by atoms with Crippen molar-refractivity contribution in [2.75, 3.05) is 5.75 Å². The molecule has 3 heterocycles. The largest absolute Gasteiger partial charge is 0.426 e. The lowest BCUT2D eigenvalue weighted by molar-refractivity contribution is -0.139. The van der Waals surface area contributed by atoms with E-state index >= 15 is 0 Å². The highest BCUT2D eigenvalue weighted by Crippen LogP contribution is 2.50. The summed E-state index contributed by atoms with van der Waals surface area (Å²) in [6, 6.07) is 7.57. The monoisotopic (exact) mass is 291 g/mol. The summed E-state index contributed by atoms with van der Waals surface area (Å²) in [7, 11) is 0. The minimum Gasteiger partial charge on any atom is -0.426 e. The standard InChI is InChI=1S/C13H9NO3S2/c15-12-7-5-18-11-10(19-13(16)14-11)9(7)6-3-1-2-4-8(6)17-12/h1-4,7,9H,5H2,(H,14,16)/t7-,9+/m0/s1. The lowest BCUT2D eigenvalue weighted by Gasteiger charge is -2.34. The van der Waals surface area contributed by atoms with Gasteiger partial charge in [-0.2, -0.15) is 0 Å². The minimum atomic E-state index is -0.196. The van der Waals surface area contributed by atoms with Crippen LogP contribution in [0.15, 0.2) is 34.1 Å². The first-order chi connectivity index (χ1) is 9.24. The maximum Gasteiger partial charge on any atom is 0.316 e. The molecule has 0 aliphatic carbocycles. The Hall–Kier alpha value is -1.53. The van der Waals surface area contributed by atoms with Crippen molar-refractivity contribution in [2.45, 2.75) is 10.9 Å². The first-order valence-corrected chi connectivity index (χ1v) is 7.70. The second kappa shape index (κ2) is 3.98. The van der Waals surface area contributed by atoms with Gasteiger partial charge in [-0.05, 0) is 6.07 Å². The Balaban J connectivity index is 1.97. The molecule has 0 bridgehead atoms. The van der Waals surface area contributed by atoms with Crippen molar-refractivity contribution in [1.29, 1.82) is 0 Å². The van der Waals surface area contributed by atoms with Crippen molar-refractivity contribution in [2.24, 2.45) is 5.92 Å². The fraction of sp³-hybridized carbons (Fsp3) is 0.231. The van der Waals surface area contributed by atoms with Crippen molar-refractivity contribution in [3.8, 4) is 5.75 Å². The Morgan fingerprint density at radius 1 is 1.26 bits per heavy atom. The van der Waals surface area contributed by atoms with Crippen LogP contribution in [0, 0.1) is 5.92 Å². The van der Waals surface area contributed by atoms with E-state index in [0.717, 1.165) is 15.5 Å². The molecular formula is C13H9NO3S2. The Morgan fingerprint density at radius 2 is 2.11 bits per heavy atom. The molecule has 1 N–H and O–H groups in total. The van der Waals surface area contributed by atoms with Crippen molar-refractivity contribution < 1.29 is 9.53 Å². The molecule has 2 aliphatic rings. The molecular weight excluding hydrogens is 282 g/mol. The molecule has 1 aromatic carbocycles. The van der Waals surface area contributed by atoms with Crippen LogP contribution in [-0.4, -0.2) is 16.7 Å². The molecule has 0 amide bonds. The molecule has 0 unspecified atom stereocenters. The average molecular weight is 291 g/mol. The second-order valence-electron chi connectivity index (χ2n) is 4.56. The molecule has 0 saturated carbocycles. The molecule has 4 rings (SSSR count). The first-order valence-electron chi connectivity index (χ1n) is 5.90. The summed E-state index contributed by atoms with van der Waals surface area (Å²) in [6.07, 6.45) is 0. The summed E-state index contributed by atoms with van der Waals surface area (Å²) in [5.74, 6) is 0.837. The zero-order valence-corrected chi connectivity index (χ0v) is 11.3. The van der Waals surface area contributed by atoms with Crippen LogP contribution in [0.4, 0.5) is 0 Å². The van der Waals surface area contributed by atoms with Gasteiger partial charge in [0.15, 0.2) is 0 Å². The predicted molar refractivity (Wildman–Crippen MR) is 73.1 cm³/mol. The molecule has 96 valence electrons. The normalized spacial score (nSPS) is 24.1. The van der Waals surface area contributed by atoms with Crippen LogP contribution in [0.5, 0.6) is 5.75 Å². The zero-order chi connectivity index (χ0) is 13.0. The number of hydrogen-bond acceptors (Lipinski definition) is 5. The van der Waals surface area contributed by atoms with Crippen molar-refractivity contribution in [3.05, 3.63) is 44.4 Å². The summed E-state index contributed by atoms with van der Waals surface area (Å²) >= 11 is 2.73. The van der Waals surface area contributed by atoms with Gasteiger partial charge in [0.1, 0.15) is 5.75 Å². The number of para-hydroxylation sites is 1. The number of carbonyl (C=O) groups excluding carboxylic acids is 1. The number of esters is 1. The second-order valence-corrected chi connectivity index (χ2v) is 6.61. The van der Waals surface area contributed by atoms with Crippen molar-refractivity contribution >= 4 is 29.1 Å². The van der Waals surface area contributed by atoms with E-state index in [9.17, 15) is 9.59 Å². The summed E-state index contributed by atoms with van der Waals surface area (Å²) in [4.78, 5) is 27.4. The van der Waals surface area contributed by atoms with Crippen LogP contribution in [-0.2, 0) is 4.79 Å². The summed E-state index contributed by atoms with van der Waals surface area (Å²) < 4.78 is 5.39. The maximum atomic E-state index is 12.1. The topological polar surface area (TPSA) is 59.2 Å². The molecule has 2 atom stereocenters. The van der Waals surface area contributed by atoms with E-state index in [1.165, 1.54) is 23.1 Å². The van der Waals surface area contributed by atoms with Crippen LogP contribution < -0.4 is 9.61 Å². The number of thiazole rings is 1. The third-order valence-corrected chi connectivity index (χ3v) is 5.73. The van der Waals surface area contributed by atoms with E-state index in [0.29, 0.717) is 11.5 Å². The van der Waals surface area contributed by atoms with Gasteiger partial charge in [-0.25, -0.2) is 0 Å². The molecule has 2 aromatic rings. The van der Waals surface area contributed by atoms with Crippen LogP contribution in [0.1, 0.15) is 16.4 Å². The van der Waals surface area contributed by atoms with Crippen LogP contribution >= 0.6 is 23.1 Å². The number of thioether (sulfide) groups is 1. The Bertz CT molecular complexity index is 733. The molecule has 0 fully saturated rings. The summed E-state index contributed by atoms with van der Waals surface area (Å²) in [5, 5.41) is 0.903. The Labute approximate surface area is 116 Å². The van der Waals surface area contributed by atoms with Crippen molar-refractivity contribution in [1.82, 2.24) is 4.98 Å². The third-order valence-electron chi connectivity index (χ3n) is 3.50. The number of aromatic nitrogens is 1. The van der Waals surface area contributed by atoms with Gasteiger partial charge in [-0.3, -0.25) is 9.59 Å². The van der Waals surface area contributed by atoms with E-state index < -0.39 is 0 Å². The summed E-state index contributed by atoms with van der Waals surface area (Å²) in [6.45, 7) is 0. The number of rotatable bonds is 0. The lowest BCUT2D eigenvalue weighted by atomic mass is 9.83. The van der Waals surface area contributed by atoms with Crippen molar-refractivity contribution in [3.63, 3.8) is 0 Å². The number of benzene rings is 1. The predicted octanol–water partition coefficient (Wildman–Crippen LogP) is 2.21. The van der Waals surface area contributed by atoms with Crippen LogP contribution in [0.3, 0.4) is 0 Å². The molecule has 0 radical (unpaired) electrons. The number of nitrogens with one attached hydrogen (secondary N) is 1. The third kappa shape index (κ3) is 1.60. The fourth-order valence-corrected chi connectivity index (χ4v) is 5.06. The van der Waals surface area contributed by atoms with Gasteiger partial charge in [0.05, 0.1) is 10.9 Å². The fourth-order valence-electron chi connectivity index (χ4n) is 2.67. The molecule has 0 spiro atoms. The Kier molecular flexibility index (Phi) is 2.37. The van der Waals surface area contributed by atoms with E-state index in [2.05, 4.69) is 4.98 Å². The van der Waals surface area contributed by atoms with Gasteiger partial charge >= 0.3 is 10.8 Å². The van der Waals surface area contributed by atoms with Gasteiger partial charge in [-0.1, -0.05) is 29.5 Å². The SMILES string of the molecule is O=C1Oc2ccccc2[C@H]2c3sc(=O)[nH]c3SC[C@H]12. The number of fused-ring (bicyclic) bond motifs is 5. The van der Waals surface area contributed by atoms with E-state index in [4.69, 9.17) is 4.74 Å². The van der Waals surface area contributed by atoms with E-state index in [1.807, 2.05) is 18.2 Å². The van der Waals surface area contributed by atoms with E-state index in [1.54, 1.807) is 6.07 Å². The van der Waals surface area contributed by atoms with Gasteiger partial charge in [-0.15, -0.1) is 11.8 Å². The maximum absolute atomic E-state index is 12.1. The highest BCUT2D eigenvalue weighted by atomic mass is 32.2. The highest BCUT2D eigenvalue weighted by molar-refractivity contribution is 7.99. The van der Waals surface area contributed by atoms with Crippen LogP contribution in [0.25, 0.3) is 0 Å². The lowest BCUT2D eigenvalue weighted by Crippen LogP contribution is -2.35. The number of aromatic amines is 1. The van der Waals surface area contributed by atoms with Gasteiger partial charge in [0.25, 0.3) is 0 Å². The molecule has 4 nitrogen and oxygen atoms in total. The summed E-state index contributed by atoms with van der Waals surface area (Å²) in [5.41, 5.74) is 1.00. The Morgan fingerprint density at radius 3 is 3.00 bits per heavy atom. The molecule has 19 heavy (non-hydrogen) atoms. The van der Waals surface area contributed by atoms with Crippen LogP contribution in [0.2, 0.25) is 0 Å². The van der Waals surface area contributed by atoms with Gasteiger partial charge < -0.3 is 9.72 Å². The van der Waals surface area contributed by atoms with Gasteiger partial charge in [0.2, 0.25) is 0 Å². The van der Waals surface area contributed by atoms with Gasteiger partial charge in [0, 0.05) is 22.1 Å². The minimum absolute atomic E-state index is 0.0438. The number of H-pyrrole nitrogens is 1. The zero-order valence-electron chi connectivity index (χ0n) is 9.71. The van der Waals surface area contributed by atoms with E-state index in [-0.39, 0.29) is 22.7 Å². The molecule has 6 heteroatoms. The number of carbonyl (C=O) groups is 1. The molecule has 1 aromatic heterocycles. The molecule has 2 aliphatic heterocycles. The number of ether oxygens (including phenoxy) is 1. The number of hydrogen-bond donors (Lipinski definition) is 1. The first kappa shape index (κ1) is 11.3. The quantitative estimate of drug-likeness (QED) is 0.597.